The molecule has 0 spiro atoms. The fourth-order valence-corrected chi connectivity index (χ4v) is 1.79. The number of hydrogen-bond donors (Lipinski definition) is 0. The maximum Gasteiger partial charge on any atom is 0.0356 e. The Labute approximate surface area is 98.1 Å². The third-order valence-electron chi connectivity index (χ3n) is 2.58. The second-order valence-electron chi connectivity index (χ2n) is 3.55. The van der Waals surface area contributed by atoms with Crippen LogP contribution < -0.4 is 0 Å². The molecule has 0 nitrogen and oxygen atoms in total. The van der Waals surface area contributed by atoms with Crippen molar-refractivity contribution in [3.05, 3.63) is 71.4 Å². The molecular formula is C16H16. The van der Waals surface area contributed by atoms with E-state index in [0.29, 0.717) is 0 Å². The summed E-state index contributed by atoms with van der Waals surface area (Å²) in [5, 5.41) is 0. The first-order valence-electron chi connectivity index (χ1n) is 5.21. The molecule has 16 heavy (non-hydrogen) atoms. The summed E-state index contributed by atoms with van der Waals surface area (Å²) in [5.41, 5.74) is 5.18. The molecule has 0 aromatic carbocycles. The number of hydrogen-bond acceptors (Lipinski definition) is 0. The molecule has 0 heterocycles. The van der Waals surface area contributed by atoms with Crippen LogP contribution in [0, 0.1) is 12.3 Å². The minimum absolute atomic E-state index is 0.937. The van der Waals surface area contributed by atoms with Gasteiger partial charge in [-0.1, -0.05) is 49.5 Å². The van der Waals surface area contributed by atoms with Crippen LogP contribution >= 0.6 is 0 Å². The van der Waals surface area contributed by atoms with Crippen molar-refractivity contribution in [2.45, 2.75) is 13.8 Å². The molecule has 0 amide bonds. The quantitative estimate of drug-likeness (QED) is 0.483. The molecule has 0 saturated carbocycles. The number of terminal acetylenes is 1. The third kappa shape index (κ3) is 1.99. The molecule has 0 N–H and O–H groups in total. The smallest absolute Gasteiger partial charge is 0.0356 e. The van der Waals surface area contributed by atoms with E-state index in [9.17, 15) is 0 Å². The van der Waals surface area contributed by atoms with Crippen LogP contribution in [0.2, 0.25) is 0 Å². The highest BCUT2D eigenvalue weighted by Crippen LogP contribution is 2.36. The van der Waals surface area contributed by atoms with Gasteiger partial charge in [-0.25, -0.2) is 0 Å². The summed E-state index contributed by atoms with van der Waals surface area (Å²) in [5.74, 6) is 2.74. The van der Waals surface area contributed by atoms with Crippen molar-refractivity contribution < 1.29 is 0 Å². The average Bonchev–Trinajstić information content (AvgIpc) is 2.50. The second kappa shape index (κ2) is 5.19. The molecule has 0 aromatic heterocycles. The van der Waals surface area contributed by atoms with Crippen molar-refractivity contribution in [3.8, 4) is 12.3 Å². The summed E-state index contributed by atoms with van der Waals surface area (Å²) in [6, 6.07) is 0. The number of rotatable bonds is 3. The lowest BCUT2D eigenvalue weighted by atomic mass is 10.0. The molecular weight excluding hydrogens is 192 g/mol. The van der Waals surface area contributed by atoms with Crippen molar-refractivity contribution in [3.63, 3.8) is 0 Å². The first-order chi connectivity index (χ1) is 7.67. The molecule has 0 aromatic rings. The Kier molecular flexibility index (Phi) is 3.91. The van der Waals surface area contributed by atoms with E-state index in [-0.39, 0.29) is 0 Å². The normalized spacial score (nSPS) is 16.7. The molecule has 0 bridgehead atoms. The van der Waals surface area contributed by atoms with Gasteiger partial charge in [-0.05, 0) is 36.1 Å². The Bertz CT molecular complexity index is 483. The lowest BCUT2D eigenvalue weighted by molar-refractivity contribution is 1.44. The molecule has 0 saturated heterocycles. The Hall–Kier alpha value is -2.00. The van der Waals surface area contributed by atoms with Crippen molar-refractivity contribution in [2.24, 2.45) is 0 Å². The molecule has 1 rings (SSSR count). The van der Waals surface area contributed by atoms with E-state index >= 15 is 0 Å². The van der Waals surface area contributed by atoms with Crippen molar-refractivity contribution in [1.82, 2.24) is 0 Å². The van der Waals surface area contributed by atoms with E-state index < -0.39 is 0 Å². The Morgan fingerprint density at radius 2 is 1.94 bits per heavy atom. The second-order valence-corrected chi connectivity index (χ2v) is 3.55. The largest absolute Gasteiger partial charge is 0.115 e. The highest BCUT2D eigenvalue weighted by molar-refractivity contribution is 5.73. The lowest BCUT2D eigenvalue weighted by Crippen LogP contribution is -1.82. The van der Waals surface area contributed by atoms with Gasteiger partial charge in [0.25, 0.3) is 0 Å². The predicted octanol–water partition coefficient (Wildman–Crippen LogP) is 4.12. The van der Waals surface area contributed by atoms with Crippen LogP contribution in [0.15, 0.2) is 71.4 Å². The molecule has 1 aliphatic rings. The zero-order chi connectivity index (χ0) is 12.1. The van der Waals surface area contributed by atoms with Crippen LogP contribution in [0.25, 0.3) is 0 Å². The molecule has 0 fully saturated rings. The van der Waals surface area contributed by atoms with Gasteiger partial charge in [-0.15, -0.1) is 6.42 Å². The zero-order valence-corrected chi connectivity index (χ0v) is 9.88. The fraction of sp³-hybridized carbons (Fsp3) is 0.125. The summed E-state index contributed by atoms with van der Waals surface area (Å²) in [6.45, 7) is 11.7. The molecule has 0 aliphatic heterocycles. The SMILES string of the molecule is C#CC1=C(/C=C\C)C(=C)C(/C=C\C=C)=C1C. The Morgan fingerprint density at radius 3 is 2.44 bits per heavy atom. The van der Waals surface area contributed by atoms with Gasteiger partial charge in [0.1, 0.15) is 0 Å². The van der Waals surface area contributed by atoms with Gasteiger partial charge in [-0.3, -0.25) is 0 Å². The first-order valence-corrected chi connectivity index (χ1v) is 5.21. The van der Waals surface area contributed by atoms with Gasteiger partial charge in [0.15, 0.2) is 0 Å². The summed E-state index contributed by atoms with van der Waals surface area (Å²) >= 11 is 0. The summed E-state index contributed by atoms with van der Waals surface area (Å²) in [7, 11) is 0. The average molecular weight is 208 g/mol. The molecule has 0 radical (unpaired) electrons. The van der Waals surface area contributed by atoms with Gasteiger partial charge in [0.05, 0.1) is 0 Å². The van der Waals surface area contributed by atoms with E-state index in [1.807, 2.05) is 38.2 Å². The van der Waals surface area contributed by atoms with E-state index in [2.05, 4.69) is 19.1 Å². The summed E-state index contributed by atoms with van der Waals surface area (Å²) in [6.07, 6.45) is 15.2. The van der Waals surface area contributed by atoms with E-state index in [0.717, 1.165) is 27.9 Å². The Balaban J connectivity index is 3.28. The zero-order valence-electron chi connectivity index (χ0n) is 9.88. The standard InChI is InChI=1S/C16H16/c1-6-9-11-15-12(4)14(8-3)16(10-7-2)13(15)5/h3,6-7,9-11H,1,5H2,2,4H3/b10-7-,11-9-. The minimum atomic E-state index is 0.937. The fourth-order valence-electron chi connectivity index (χ4n) is 1.79. The van der Waals surface area contributed by atoms with Gasteiger partial charge in [0.2, 0.25) is 0 Å². The van der Waals surface area contributed by atoms with Gasteiger partial charge >= 0.3 is 0 Å². The van der Waals surface area contributed by atoms with Crippen molar-refractivity contribution in [1.29, 1.82) is 0 Å². The van der Waals surface area contributed by atoms with Crippen molar-refractivity contribution >= 4 is 0 Å². The number of allylic oxidation sites excluding steroid dienone is 10. The predicted molar refractivity (Wildman–Crippen MR) is 71.9 cm³/mol. The summed E-state index contributed by atoms with van der Waals surface area (Å²) in [4.78, 5) is 0. The lowest BCUT2D eigenvalue weighted by Gasteiger charge is -2.00. The third-order valence-corrected chi connectivity index (χ3v) is 2.58. The molecule has 1 aliphatic carbocycles. The topological polar surface area (TPSA) is 0 Å². The van der Waals surface area contributed by atoms with Gasteiger partial charge < -0.3 is 0 Å². The molecule has 0 atom stereocenters. The minimum Gasteiger partial charge on any atom is -0.115 e. The maximum absolute atomic E-state index is 5.54. The molecule has 0 unspecified atom stereocenters. The van der Waals surface area contributed by atoms with Crippen LogP contribution in [-0.4, -0.2) is 0 Å². The van der Waals surface area contributed by atoms with Crippen LogP contribution in [0.3, 0.4) is 0 Å². The van der Waals surface area contributed by atoms with Crippen LogP contribution in [0.1, 0.15) is 13.8 Å². The van der Waals surface area contributed by atoms with Crippen LogP contribution in [-0.2, 0) is 0 Å². The van der Waals surface area contributed by atoms with E-state index in [1.165, 1.54) is 0 Å². The summed E-state index contributed by atoms with van der Waals surface area (Å²) < 4.78 is 0. The molecule has 80 valence electrons. The van der Waals surface area contributed by atoms with Crippen LogP contribution in [0.5, 0.6) is 0 Å². The maximum atomic E-state index is 5.54. The highest BCUT2D eigenvalue weighted by atomic mass is 14.2. The van der Waals surface area contributed by atoms with E-state index in [1.54, 1.807) is 6.08 Å². The first kappa shape index (κ1) is 12.1. The van der Waals surface area contributed by atoms with Crippen LogP contribution in [0.4, 0.5) is 0 Å². The van der Waals surface area contributed by atoms with Gasteiger partial charge in [0, 0.05) is 5.57 Å². The molecule has 0 heteroatoms. The van der Waals surface area contributed by atoms with Gasteiger partial charge in [-0.2, -0.15) is 0 Å². The van der Waals surface area contributed by atoms with E-state index in [4.69, 9.17) is 6.42 Å². The monoisotopic (exact) mass is 208 g/mol. The van der Waals surface area contributed by atoms with Crippen molar-refractivity contribution in [2.75, 3.05) is 0 Å². The highest BCUT2D eigenvalue weighted by Gasteiger charge is 2.20. The Morgan fingerprint density at radius 1 is 1.25 bits per heavy atom.